The van der Waals surface area contributed by atoms with Crippen molar-refractivity contribution in [3.8, 4) is 11.3 Å². The molecule has 156 valence electrons. The van der Waals surface area contributed by atoms with Crippen LogP contribution in [0.15, 0.2) is 59.0 Å². The lowest BCUT2D eigenvalue weighted by Gasteiger charge is -2.26. The van der Waals surface area contributed by atoms with Gasteiger partial charge in [0.1, 0.15) is 17.3 Å². The number of carbonyl (C=O) groups is 2. The number of anilines is 1. The Hall–Kier alpha value is -3.71. The number of morpholine rings is 1. The second-order valence-corrected chi connectivity index (χ2v) is 7.39. The smallest absolute Gasteiger partial charge is 0.256 e. The van der Waals surface area contributed by atoms with E-state index in [0.29, 0.717) is 60.2 Å². The molecule has 3 heterocycles. The Balaban J connectivity index is 1.42. The molecule has 0 atom stereocenters. The van der Waals surface area contributed by atoms with Gasteiger partial charge in [0, 0.05) is 35.5 Å². The topological polar surface area (TPSA) is 71.8 Å². The molecule has 0 radical (unpaired) electrons. The Morgan fingerprint density at radius 1 is 1.06 bits per heavy atom. The summed E-state index contributed by atoms with van der Waals surface area (Å²) in [5.41, 5.74) is 2.74. The monoisotopic (exact) mass is 418 g/mol. The van der Waals surface area contributed by atoms with Crippen LogP contribution in [0.4, 0.5) is 10.1 Å². The third kappa shape index (κ3) is 3.75. The summed E-state index contributed by atoms with van der Waals surface area (Å²) >= 11 is 0. The van der Waals surface area contributed by atoms with Gasteiger partial charge in [0.15, 0.2) is 0 Å². The average molecular weight is 418 g/mol. The molecule has 1 aromatic heterocycles. The molecule has 2 aromatic carbocycles. The average Bonchev–Trinajstić information content (AvgIpc) is 3.39. The highest BCUT2D eigenvalue weighted by atomic mass is 19.1. The number of nitrogens with one attached hydrogen (secondary N) is 1. The summed E-state index contributed by atoms with van der Waals surface area (Å²) in [6.45, 7) is 2.24. The molecule has 0 unspecified atom stereocenters. The van der Waals surface area contributed by atoms with Crippen molar-refractivity contribution in [3.63, 3.8) is 0 Å². The van der Waals surface area contributed by atoms with Crippen LogP contribution in [-0.4, -0.2) is 43.0 Å². The standard InChI is InChI=1S/C24H19FN2O4/c25-17-4-6-21-19(13-17)20(23(28)26-21)14-18-5-7-22(31-18)15-2-1-3-16(12-15)24(29)27-8-10-30-11-9-27/h1-7,12-14H,8-11H2,(H,26,28). The molecule has 31 heavy (non-hydrogen) atoms. The van der Waals surface area contributed by atoms with Gasteiger partial charge in [0.05, 0.1) is 18.8 Å². The maximum absolute atomic E-state index is 13.6. The van der Waals surface area contributed by atoms with Crippen LogP contribution in [0.2, 0.25) is 0 Å². The van der Waals surface area contributed by atoms with Crippen LogP contribution in [0.25, 0.3) is 23.0 Å². The van der Waals surface area contributed by atoms with Gasteiger partial charge in [-0.3, -0.25) is 9.59 Å². The predicted molar refractivity (Wildman–Crippen MR) is 114 cm³/mol. The highest BCUT2D eigenvalue weighted by Gasteiger charge is 2.25. The number of hydrogen-bond acceptors (Lipinski definition) is 4. The van der Waals surface area contributed by atoms with Crippen LogP contribution in [0, 0.1) is 5.82 Å². The number of fused-ring (bicyclic) bond motifs is 1. The van der Waals surface area contributed by atoms with Gasteiger partial charge >= 0.3 is 0 Å². The molecule has 1 saturated heterocycles. The van der Waals surface area contributed by atoms with E-state index in [1.165, 1.54) is 18.2 Å². The van der Waals surface area contributed by atoms with Crippen LogP contribution in [-0.2, 0) is 9.53 Å². The fourth-order valence-corrected chi connectivity index (χ4v) is 3.79. The lowest BCUT2D eigenvalue weighted by Crippen LogP contribution is -2.40. The molecule has 5 rings (SSSR count). The third-order valence-electron chi connectivity index (χ3n) is 5.37. The zero-order chi connectivity index (χ0) is 21.4. The highest BCUT2D eigenvalue weighted by Crippen LogP contribution is 2.34. The van der Waals surface area contributed by atoms with Gasteiger partial charge in [-0.15, -0.1) is 0 Å². The van der Waals surface area contributed by atoms with E-state index in [9.17, 15) is 14.0 Å². The van der Waals surface area contributed by atoms with Crippen LogP contribution < -0.4 is 5.32 Å². The lowest BCUT2D eigenvalue weighted by atomic mass is 10.1. The normalized spacial score (nSPS) is 17.0. The predicted octanol–water partition coefficient (Wildman–Crippen LogP) is 4.05. The van der Waals surface area contributed by atoms with E-state index < -0.39 is 5.82 Å². The number of carbonyl (C=O) groups excluding carboxylic acids is 2. The number of ether oxygens (including phenoxy) is 1. The molecule has 0 aliphatic carbocycles. The first-order chi connectivity index (χ1) is 15.1. The fourth-order valence-electron chi connectivity index (χ4n) is 3.79. The molecule has 6 nitrogen and oxygen atoms in total. The van der Waals surface area contributed by atoms with Gasteiger partial charge < -0.3 is 19.4 Å². The molecule has 7 heteroatoms. The van der Waals surface area contributed by atoms with Gasteiger partial charge in [-0.2, -0.15) is 0 Å². The molecule has 2 amide bonds. The summed E-state index contributed by atoms with van der Waals surface area (Å²) in [5, 5.41) is 2.72. The van der Waals surface area contributed by atoms with Crippen molar-refractivity contribution >= 4 is 29.2 Å². The Bertz CT molecular complexity index is 1210. The molecule has 0 spiro atoms. The summed E-state index contributed by atoms with van der Waals surface area (Å²) in [6, 6.07) is 14.9. The summed E-state index contributed by atoms with van der Waals surface area (Å²) in [7, 11) is 0. The van der Waals surface area contributed by atoms with Crippen molar-refractivity contribution in [1.82, 2.24) is 4.90 Å². The number of halogens is 1. The number of nitrogens with zero attached hydrogens (tertiary/aromatic N) is 1. The van der Waals surface area contributed by atoms with Crippen LogP contribution >= 0.6 is 0 Å². The van der Waals surface area contributed by atoms with Crippen LogP contribution in [0.3, 0.4) is 0 Å². The first kappa shape index (κ1) is 19.3. The second-order valence-electron chi connectivity index (χ2n) is 7.39. The van der Waals surface area contributed by atoms with E-state index in [1.54, 1.807) is 35.2 Å². The van der Waals surface area contributed by atoms with Gasteiger partial charge in [0.25, 0.3) is 11.8 Å². The van der Waals surface area contributed by atoms with E-state index in [4.69, 9.17) is 9.15 Å². The maximum Gasteiger partial charge on any atom is 0.256 e. The number of furan rings is 1. The van der Waals surface area contributed by atoms with E-state index in [2.05, 4.69) is 5.32 Å². The first-order valence-corrected chi connectivity index (χ1v) is 9.99. The third-order valence-corrected chi connectivity index (χ3v) is 5.37. The summed E-state index contributed by atoms with van der Waals surface area (Å²) in [5.74, 6) is 0.267. The molecular weight excluding hydrogens is 399 g/mol. The van der Waals surface area contributed by atoms with Crippen molar-refractivity contribution in [1.29, 1.82) is 0 Å². The van der Waals surface area contributed by atoms with Crippen molar-refractivity contribution in [2.45, 2.75) is 0 Å². The lowest BCUT2D eigenvalue weighted by molar-refractivity contribution is -0.110. The van der Waals surface area contributed by atoms with Gasteiger partial charge in [-0.05, 0) is 48.5 Å². The Morgan fingerprint density at radius 3 is 2.74 bits per heavy atom. The van der Waals surface area contributed by atoms with Crippen LogP contribution in [0.1, 0.15) is 21.7 Å². The number of rotatable bonds is 3. The van der Waals surface area contributed by atoms with E-state index in [1.807, 2.05) is 12.1 Å². The second kappa shape index (κ2) is 7.85. The largest absolute Gasteiger partial charge is 0.457 e. The van der Waals surface area contributed by atoms with Gasteiger partial charge in [-0.1, -0.05) is 12.1 Å². The quantitative estimate of drug-likeness (QED) is 0.652. The number of benzene rings is 2. The minimum atomic E-state index is -0.414. The molecule has 1 N–H and O–H groups in total. The van der Waals surface area contributed by atoms with Crippen molar-refractivity contribution in [2.24, 2.45) is 0 Å². The summed E-state index contributed by atoms with van der Waals surface area (Å²) in [4.78, 5) is 26.8. The molecule has 2 aliphatic heterocycles. The van der Waals surface area contributed by atoms with E-state index in [0.717, 1.165) is 5.56 Å². The van der Waals surface area contributed by atoms with Crippen molar-refractivity contribution in [2.75, 3.05) is 31.6 Å². The minimum Gasteiger partial charge on any atom is -0.457 e. The number of hydrogen-bond donors (Lipinski definition) is 1. The Labute approximate surface area is 177 Å². The molecule has 2 aliphatic rings. The minimum absolute atomic E-state index is 0.0414. The number of amides is 2. The van der Waals surface area contributed by atoms with Crippen molar-refractivity contribution in [3.05, 3.63) is 77.3 Å². The van der Waals surface area contributed by atoms with E-state index >= 15 is 0 Å². The summed E-state index contributed by atoms with van der Waals surface area (Å²) < 4.78 is 24.9. The van der Waals surface area contributed by atoms with Crippen molar-refractivity contribution < 1.29 is 23.1 Å². The molecule has 0 saturated carbocycles. The zero-order valence-electron chi connectivity index (χ0n) is 16.6. The fraction of sp³-hybridized carbons (Fsp3) is 0.167. The first-order valence-electron chi connectivity index (χ1n) is 9.99. The molecule has 3 aromatic rings. The van der Waals surface area contributed by atoms with Gasteiger partial charge in [-0.25, -0.2) is 4.39 Å². The van der Waals surface area contributed by atoms with E-state index in [-0.39, 0.29) is 11.8 Å². The van der Waals surface area contributed by atoms with Crippen LogP contribution in [0.5, 0.6) is 0 Å². The zero-order valence-corrected chi connectivity index (χ0v) is 16.6. The Morgan fingerprint density at radius 2 is 1.90 bits per heavy atom. The molecular formula is C24H19FN2O4. The molecule has 1 fully saturated rings. The molecule has 0 bridgehead atoms. The maximum atomic E-state index is 13.6. The summed E-state index contributed by atoms with van der Waals surface area (Å²) in [6.07, 6.45) is 1.59. The SMILES string of the molecule is O=C1Nc2ccc(F)cc2C1=Cc1ccc(-c2cccc(C(=O)N3CCOCC3)c2)o1. The Kier molecular flexibility index (Phi) is 4.88. The highest BCUT2D eigenvalue weighted by molar-refractivity contribution is 6.34. The van der Waals surface area contributed by atoms with Gasteiger partial charge in [0.2, 0.25) is 0 Å².